The van der Waals surface area contributed by atoms with Gasteiger partial charge >= 0.3 is 0 Å². The highest BCUT2D eigenvalue weighted by molar-refractivity contribution is 5.78. The number of likely N-dealkylation sites (tertiary alicyclic amines) is 1. The van der Waals surface area contributed by atoms with Gasteiger partial charge in [-0.25, -0.2) is 15.0 Å². The van der Waals surface area contributed by atoms with Gasteiger partial charge in [0.25, 0.3) is 5.56 Å². The van der Waals surface area contributed by atoms with Gasteiger partial charge in [0.15, 0.2) is 11.5 Å². The molecular formula is C25H34N6O4. The van der Waals surface area contributed by atoms with Gasteiger partial charge in [0.1, 0.15) is 0 Å². The lowest BCUT2D eigenvalue weighted by Crippen LogP contribution is -2.41. The molecule has 0 amide bonds. The second-order valence-corrected chi connectivity index (χ2v) is 8.71. The summed E-state index contributed by atoms with van der Waals surface area (Å²) in [5, 5.41) is 13.1. The number of β-amino-alcohol motifs (C(OH)–C–C–N with tert-alkyl or cyclic N) is 1. The van der Waals surface area contributed by atoms with Crippen LogP contribution >= 0.6 is 0 Å². The summed E-state index contributed by atoms with van der Waals surface area (Å²) in [7, 11) is 1.58. The van der Waals surface area contributed by atoms with Gasteiger partial charge in [0.05, 0.1) is 25.3 Å². The predicted octanol–water partition coefficient (Wildman–Crippen LogP) is 2.16. The quantitative estimate of drug-likeness (QED) is 0.397. The Labute approximate surface area is 204 Å². The average Bonchev–Trinajstić information content (AvgIpc) is 2.88. The normalized spacial score (nSPS) is 16.5. The number of hydrogen-bond donors (Lipinski definition) is 2. The Morgan fingerprint density at radius 2 is 2.03 bits per heavy atom. The maximum atomic E-state index is 13.4. The largest absolute Gasteiger partial charge is 0.481 e. The molecule has 0 aliphatic carbocycles. The number of methoxy groups -OCH3 is 1. The van der Waals surface area contributed by atoms with Crippen LogP contribution in [0.5, 0.6) is 5.88 Å². The zero-order chi connectivity index (χ0) is 24.6. The van der Waals surface area contributed by atoms with Gasteiger partial charge in [-0.1, -0.05) is 6.92 Å². The van der Waals surface area contributed by atoms with Gasteiger partial charge in [-0.3, -0.25) is 14.3 Å². The van der Waals surface area contributed by atoms with E-state index in [1.165, 1.54) is 0 Å². The number of anilines is 1. The zero-order valence-electron chi connectivity index (χ0n) is 20.4. The van der Waals surface area contributed by atoms with Gasteiger partial charge in [-0.15, -0.1) is 0 Å². The Bertz CT molecular complexity index is 1170. The van der Waals surface area contributed by atoms with Crippen LogP contribution in [0.4, 0.5) is 5.82 Å². The minimum absolute atomic E-state index is 0.205. The summed E-state index contributed by atoms with van der Waals surface area (Å²) in [5.41, 5.74) is 2.63. The van der Waals surface area contributed by atoms with Crippen LogP contribution in [0.15, 0.2) is 35.4 Å². The van der Waals surface area contributed by atoms with E-state index in [4.69, 9.17) is 9.47 Å². The topological polar surface area (TPSA) is 115 Å². The molecule has 0 radical (unpaired) electrons. The van der Waals surface area contributed by atoms with Crippen LogP contribution in [-0.4, -0.2) is 82.1 Å². The Hall–Kier alpha value is -3.08. The summed E-state index contributed by atoms with van der Waals surface area (Å²) in [6.45, 7) is 6.42. The first-order valence-corrected chi connectivity index (χ1v) is 12.2. The monoisotopic (exact) mass is 482 g/mol. The van der Waals surface area contributed by atoms with Gasteiger partial charge in [0, 0.05) is 62.4 Å². The number of aromatic nitrogens is 4. The smallest absolute Gasteiger partial charge is 0.293 e. The maximum Gasteiger partial charge on any atom is 0.293 e. The van der Waals surface area contributed by atoms with Crippen LogP contribution in [0.1, 0.15) is 26.2 Å². The van der Waals surface area contributed by atoms with Crippen molar-refractivity contribution in [1.29, 1.82) is 0 Å². The highest BCUT2D eigenvalue weighted by Gasteiger charge is 2.18. The predicted molar refractivity (Wildman–Crippen MR) is 135 cm³/mol. The van der Waals surface area contributed by atoms with E-state index in [2.05, 4.69) is 32.1 Å². The average molecular weight is 483 g/mol. The molecule has 2 N–H and O–H groups in total. The molecule has 0 spiro atoms. The van der Waals surface area contributed by atoms with E-state index in [1.807, 2.05) is 12.1 Å². The van der Waals surface area contributed by atoms with E-state index in [9.17, 15) is 9.90 Å². The molecule has 188 valence electrons. The maximum absolute atomic E-state index is 13.4. The summed E-state index contributed by atoms with van der Waals surface area (Å²) in [6.07, 6.45) is 5.93. The van der Waals surface area contributed by atoms with E-state index < -0.39 is 0 Å². The van der Waals surface area contributed by atoms with Crippen molar-refractivity contribution in [3.8, 4) is 17.0 Å². The number of aliphatic hydroxyl groups excluding tert-OH is 1. The number of aliphatic hydroxyl groups is 1. The minimum atomic E-state index is -0.276. The fourth-order valence-corrected chi connectivity index (χ4v) is 4.26. The molecule has 35 heavy (non-hydrogen) atoms. The number of ether oxygens (including phenoxy) is 2. The highest BCUT2D eigenvalue weighted by Crippen LogP contribution is 2.23. The van der Waals surface area contributed by atoms with Crippen LogP contribution < -0.4 is 15.6 Å². The van der Waals surface area contributed by atoms with Crippen molar-refractivity contribution in [2.75, 3.05) is 51.8 Å². The number of fused-ring (bicyclic) bond motifs is 1. The lowest BCUT2D eigenvalue weighted by molar-refractivity contribution is 0.0730. The summed E-state index contributed by atoms with van der Waals surface area (Å²) in [6, 6.07) is 5.61. The molecule has 3 aromatic heterocycles. The van der Waals surface area contributed by atoms with Crippen molar-refractivity contribution in [1.82, 2.24) is 24.4 Å². The third-order valence-electron chi connectivity index (χ3n) is 6.09. The molecule has 1 atom stereocenters. The van der Waals surface area contributed by atoms with E-state index in [-0.39, 0.29) is 17.5 Å². The Morgan fingerprint density at radius 3 is 2.77 bits per heavy atom. The summed E-state index contributed by atoms with van der Waals surface area (Å²) >= 11 is 0. The molecule has 3 aromatic rings. The molecule has 10 nitrogen and oxygen atoms in total. The van der Waals surface area contributed by atoms with Crippen molar-refractivity contribution in [2.45, 2.75) is 38.8 Å². The first-order chi connectivity index (χ1) is 17.1. The molecule has 1 aliphatic heterocycles. The SMILES string of the molecule is CCCOCCn1c(=O)c(NCCN2CCC[C@H](O)C2)nc2ncc(-c3ccc(OC)nc3)cc21. The molecule has 0 aromatic carbocycles. The Balaban J connectivity index is 1.59. The Morgan fingerprint density at radius 1 is 1.17 bits per heavy atom. The fraction of sp³-hybridized carbons (Fsp3) is 0.520. The summed E-state index contributed by atoms with van der Waals surface area (Å²) in [5.74, 6) is 0.806. The van der Waals surface area contributed by atoms with Crippen molar-refractivity contribution < 1.29 is 14.6 Å². The lowest BCUT2D eigenvalue weighted by Gasteiger charge is -2.29. The number of nitrogens with one attached hydrogen (secondary N) is 1. The zero-order valence-corrected chi connectivity index (χ0v) is 20.4. The number of nitrogens with zero attached hydrogens (tertiary/aromatic N) is 5. The molecule has 4 rings (SSSR count). The number of pyridine rings is 2. The van der Waals surface area contributed by atoms with Crippen molar-refractivity contribution >= 4 is 17.0 Å². The molecule has 10 heteroatoms. The first kappa shape index (κ1) is 25.0. The highest BCUT2D eigenvalue weighted by atomic mass is 16.5. The molecule has 0 unspecified atom stereocenters. The standard InChI is InChI=1S/C25H34N6O4/c1-3-12-35-13-11-31-21-14-19(18-6-7-22(34-2)27-15-18)16-28-23(21)29-24(25(31)33)26-8-10-30-9-4-5-20(32)17-30/h6-7,14-16,20,32H,3-5,8-13,17H2,1-2H3,(H,26,28,29)/t20-/m0/s1. The fourth-order valence-electron chi connectivity index (χ4n) is 4.26. The third-order valence-corrected chi connectivity index (χ3v) is 6.09. The van der Waals surface area contributed by atoms with E-state index in [0.717, 1.165) is 43.5 Å². The second kappa shape index (κ2) is 12.1. The van der Waals surface area contributed by atoms with Crippen molar-refractivity contribution in [2.24, 2.45) is 0 Å². The van der Waals surface area contributed by atoms with Crippen LogP contribution in [0.3, 0.4) is 0 Å². The molecule has 0 bridgehead atoms. The second-order valence-electron chi connectivity index (χ2n) is 8.71. The summed E-state index contributed by atoms with van der Waals surface area (Å²) in [4.78, 5) is 29.0. The minimum Gasteiger partial charge on any atom is -0.481 e. The number of piperidine rings is 1. The van der Waals surface area contributed by atoms with E-state index in [0.29, 0.717) is 49.9 Å². The van der Waals surface area contributed by atoms with Crippen LogP contribution in [0.2, 0.25) is 0 Å². The van der Waals surface area contributed by atoms with Crippen molar-refractivity contribution in [3.63, 3.8) is 0 Å². The van der Waals surface area contributed by atoms with Crippen LogP contribution in [0, 0.1) is 0 Å². The van der Waals surface area contributed by atoms with E-state index >= 15 is 0 Å². The Kier molecular flexibility index (Phi) is 8.62. The van der Waals surface area contributed by atoms with E-state index in [1.54, 1.807) is 30.1 Å². The number of hydrogen-bond acceptors (Lipinski definition) is 9. The molecule has 1 fully saturated rings. The molecule has 1 aliphatic rings. The molecular weight excluding hydrogens is 448 g/mol. The van der Waals surface area contributed by atoms with Gasteiger partial charge in [0.2, 0.25) is 5.88 Å². The van der Waals surface area contributed by atoms with Crippen LogP contribution in [-0.2, 0) is 11.3 Å². The van der Waals surface area contributed by atoms with Gasteiger partial charge in [-0.2, -0.15) is 0 Å². The molecule has 1 saturated heterocycles. The van der Waals surface area contributed by atoms with Crippen LogP contribution in [0.25, 0.3) is 22.3 Å². The van der Waals surface area contributed by atoms with Crippen molar-refractivity contribution in [3.05, 3.63) is 40.9 Å². The molecule has 4 heterocycles. The third kappa shape index (κ3) is 6.33. The van der Waals surface area contributed by atoms with Gasteiger partial charge in [-0.05, 0) is 37.9 Å². The first-order valence-electron chi connectivity index (χ1n) is 12.2. The van der Waals surface area contributed by atoms with Gasteiger partial charge < -0.3 is 19.9 Å². The number of rotatable bonds is 11. The summed E-state index contributed by atoms with van der Waals surface area (Å²) < 4.78 is 12.5. The lowest BCUT2D eigenvalue weighted by atomic mass is 10.1. The molecule has 0 saturated carbocycles.